The molecule has 0 radical (unpaired) electrons. The summed E-state index contributed by atoms with van der Waals surface area (Å²) in [4.78, 5) is 38.7. The average Bonchev–Trinajstić information content (AvgIpc) is 3.36. The molecule has 0 atom stereocenters. The number of carbonyl (C=O) groups is 3. The highest BCUT2D eigenvalue weighted by Crippen LogP contribution is 2.46. The third kappa shape index (κ3) is 2.48. The summed E-state index contributed by atoms with van der Waals surface area (Å²) in [6, 6.07) is 12.0. The Balaban J connectivity index is 1.59. The van der Waals surface area contributed by atoms with E-state index < -0.39 is 11.4 Å². The first-order valence-electron chi connectivity index (χ1n) is 7.99. The second-order valence-corrected chi connectivity index (χ2v) is 6.30. The van der Waals surface area contributed by atoms with Gasteiger partial charge in [-0.1, -0.05) is 18.2 Å². The first-order valence-corrected chi connectivity index (χ1v) is 7.99. The molecule has 25 heavy (non-hydrogen) atoms. The lowest BCUT2D eigenvalue weighted by Gasteiger charge is -2.22. The molecule has 2 aliphatic rings. The van der Waals surface area contributed by atoms with Crippen molar-refractivity contribution in [2.45, 2.75) is 18.4 Å². The normalized spacial score (nSPS) is 17.9. The maximum Gasteiger partial charge on any atom is 0.262 e. The topological polar surface area (TPSA) is 54.5 Å². The van der Waals surface area contributed by atoms with Crippen molar-refractivity contribution in [3.63, 3.8) is 0 Å². The van der Waals surface area contributed by atoms with E-state index in [0.29, 0.717) is 29.5 Å². The van der Waals surface area contributed by atoms with Crippen molar-refractivity contribution in [1.82, 2.24) is 4.90 Å². The second kappa shape index (κ2) is 5.48. The zero-order valence-electron chi connectivity index (χ0n) is 13.2. The second-order valence-electron chi connectivity index (χ2n) is 6.30. The van der Waals surface area contributed by atoms with Gasteiger partial charge in [0.2, 0.25) is 0 Å². The van der Waals surface area contributed by atoms with Gasteiger partial charge >= 0.3 is 0 Å². The van der Waals surface area contributed by atoms with Gasteiger partial charge in [0.1, 0.15) is 5.82 Å². The number of carbonyl (C=O) groups excluding carboxylic acids is 3. The van der Waals surface area contributed by atoms with Crippen LogP contribution < -0.4 is 0 Å². The van der Waals surface area contributed by atoms with Crippen LogP contribution in [0.5, 0.6) is 0 Å². The van der Waals surface area contributed by atoms with Crippen LogP contribution in [-0.4, -0.2) is 28.0 Å². The molecular formula is C20H14FNO3. The minimum absolute atomic E-state index is 0.289. The van der Waals surface area contributed by atoms with Gasteiger partial charge in [0, 0.05) is 5.56 Å². The molecule has 2 amide bonds. The van der Waals surface area contributed by atoms with Crippen LogP contribution in [-0.2, 0) is 0 Å². The van der Waals surface area contributed by atoms with Gasteiger partial charge in [-0.3, -0.25) is 19.3 Å². The van der Waals surface area contributed by atoms with Crippen LogP contribution in [0.1, 0.15) is 43.9 Å². The average molecular weight is 335 g/mol. The van der Waals surface area contributed by atoms with Gasteiger partial charge in [-0.05, 0) is 55.3 Å². The van der Waals surface area contributed by atoms with Gasteiger partial charge < -0.3 is 0 Å². The first-order chi connectivity index (χ1) is 12.0. The maximum atomic E-state index is 12.9. The fourth-order valence-corrected chi connectivity index (χ4v) is 3.13. The summed E-state index contributed by atoms with van der Waals surface area (Å²) in [7, 11) is 0. The molecule has 0 N–H and O–H groups in total. The van der Waals surface area contributed by atoms with Crippen LogP contribution in [0, 0.1) is 5.82 Å². The summed E-state index contributed by atoms with van der Waals surface area (Å²) in [5, 5.41) is 0. The number of rotatable bonds is 4. The van der Waals surface area contributed by atoms with E-state index >= 15 is 0 Å². The lowest BCUT2D eigenvalue weighted by Crippen LogP contribution is -2.40. The highest BCUT2D eigenvalue weighted by Gasteiger charge is 2.54. The van der Waals surface area contributed by atoms with E-state index in [2.05, 4.69) is 0 Å². The summed E-state index contributed by atoms with van der Waals surface area (Å²) in [5.41, 5.74) is 0.424. The molecule has 2 aromatic rings. The van der Waals surface area contributed by atoms with Crippen molar-refractivity contribution in [3.8, 4) is 0 Å². The Morgan fingerprint density at radius 2 is 1.52 bits per heavy atom. The molecule has 124 valence electrons. The van der Waals surface area contributed by atoms with Crippen LogP contribution in [0.25, 0.3) is 0 Å². The number of hydrogen-bond acceptors (Lipinski definition) is 3. The largest absolute Gasteiger partial charge is 0.289 e. The quantitative estimate of drug-likeness (QED) is 0.489. The standard InChI is InChI=1S/C20H14FNO3/c21-14-7-5-13(6-8-14)17(23)9-10-20(11-12-20)22-18(24)15-3-1-2-4-16(15)19(22)25/h1-10H,11-12H2/b10-9+. The number of fused-ring (bicyclic) bond motifs is 1. The van der Waals surface area contributed by atoms with E-state index in [1.807, 2.05) is 0 Å². The molecule has 0 saturated heterocycles. The Kier molecular flexibility index (Phi) is 3.39. The molecule has 2 aromatic carbocycles. The number of benzene rings is 2. The molecule has 4 rings (SSSR count). The molecule has 1 heterocycles. The number of amides is 2. The number of allylic oxidation sites excluding steroid dienone is 1. The van der Waals surface area contributed by atoms with Crippen molar-refractivity contribution < 1.29 is 18.8 Å². The third-order valence-electron chi connectivity index (χ3n) is 4.68. The molecule has 0 bridgehead atoms. The first kappa shape index (κ1) is 15.4. The molecule has 1 fully saturated rings. The maximum absolute atomic E-state index is 12.9. The van der Waals surface area contributed by atoms with E-state index in [1.54, 1.807) is 30.3 Å². The minimum Gasteiger partial charge on any atom is -0.289 e. The number of imide groups is 1. The SMILES string of the molecule is O=C(/C=C/C1(N2C(=O)c3ccccc3C2=O)CC1)c1ccc(F)cc1. The third-order valence-corrected chi connectivity index (χ3v) is 4.68. The lowest BCUT2D eigenvalue weighted by molar-refractivity contribution is 0.0596. The molecule has 5 heteroatoms. The number of halogens is 1. The van der Waals surface area contributed by atoms with E-state index in [9.17, 15) is 18.8 Å². The van der Waals surface area contributed by atoms with Gasteiger partial charge in [0.05, 0.1) is 16.7 Å². The van der Waals surface area contributed by atoms with E-state index in [0.717, 1.165) is 0 Å². The Morgan fingerprint density at radius 1 is 0.960 bits per heavy atom. The van der Waals surface area contributed by atoms with Gasteiger partial charge in [-0.25, -0.2) is 4.39 Å². The van der Waals surface area contributed by atoms with Crippen molar-refractivity contribution >= 4 is 17.6 Å². The van der Waals surface area contributed by atoms with Crippen molar-refractivity contribution in [2.75, 3.05) is 0 Å². The number of hydrogen-bond donors (Lipinski definition) is 0. The highest BCUT2D eigenvalue weighted by molar-refractivity contribution is 6.22. The Morgan fingerprint density at radius 3 is 2.04 bits per heavy atom. The number of nitrogens with zero attached hydrogens (tertiary/aromatic N) is 1. The smallest absolute Gasteiger partial charge is 0.262 e. The van der Waals surface area contributed by atoms with Crippen molar-refractivity contribution in [2.24, 2.45) is 0 Å². The van der Waals surface area contributed by atoms with Crippen molar-refractivity contribution in [1.29, 1.82) is 0 Å². The fourth-order valence-electron chi connectivity index (χ4n) is 3.13. The molecule has 0 spiro atoms. The molecule has 0 aromatic heterocycles. The summed E-state index contributed by atoms with van der Waals surface area (Å²) >= 11 is 0. The molecular weight excluding hydrogens is 321 g/mol. The van der Waals surface area contributed by atoms with Gasteiger partial charge in [0.25, 0.3) is 11.8 Å². The Bertz CT molecular complexity index is 891. The van der Waals surface area contributed by atoms with Crippen LogP contribution in [0.2, 0.25) is 0 Å². The van der Waals surface area contributed by atoms with Crippen LogP contribution in [0.3, 0.4) is 0 Å². The van der Waals surface area contributed by atoms with Crippen molar-refractivity contribution in [3.05, 3.63) is 83.2 Å². The number of ketones is 1. The van der Waals surface area contributed by atoms with Crippen LogP contribution >= 0.6 is 0 Å². The lowest BCUT2D eigenvalue weighted by atomic mass is 10.1. The van der Waals surface area contributed by atoms with Gasteiger partial charge in [-0.2, -0.15) is 0 Å². The fraction of sp³-hybridized carbons (Fsp3) is 0.150. The molecule has 1 aliphatic heterocycles. The summed E-state index contributed by atoms with van der Waals surface area (Å²) in [6.45, 7) is 0. The Hall–Kier alpha value is -3.08. The van der Waals surface area contributed by atoms with Gasteiger partial charge in [0.15, 0.2) is 5.78 Å². The predicted molar refractivity (Wildman–Crippen MR) is 88.8 cm³/mol. The minimum atomic E-state index is -0.733. The van der Waals surface area contributed by atoms with E-state index in [1.165, 1.54) is 35.2 Å². The monoisotopic (exact) mass is 335 g/mol. The highest BCUT2D eigenvalue weighted by atomic mass is 19.1. The Labute approximate surface area is 143 Å². The van der Waals surface area contributed by atoms with Gasteiger partial charge in [-0.15, -0.1) is 0 Å². The molecule has 4 nitrogen and oxygen atoms in total. The van der Waals surface area contributed by atoms with E-state index in [4.69, 9.17) is 0 Å². The van der Waals surface area contributed by atoms with E-state index in [-0.39, 0.29) is 17.6 Å². The molecule has 0 unspecified atom stereocenters. The van der Waals surface area contributed by atoms with Crippen LogP contribution in [0.4, 0.5) is 4.39 Å². The molecule has 1 aliphatic carbocycles. The summed E-state index contributed by atoms with van der Waals surface area (Å²) in [5.74, 6) is -1.35. The zero-order chi connectivity index (χ0) is 17.6. The zero-order valence-corrected chi connectivity index (χ0v) is 13.2. The molecule has 1 saturated carbocycles. The summed E-state index contributed by atoms with van der Waals surface area (Å²) in [6.07, 6.45) is 4.25. The van der Waals surface area contributed by atoms with Crippen LogP contribution in [0.15, 0.2) is 60.7 Å². The summed E-state index contributed by atoms with van der Waals surface area (Å²) < 4.78 is 12.9. The predicted octanol–water partition coefficient (Wildman–Crippen LogP) is 3.39.